The van der Waals surface area contributed by atoms with Crippen molar-refractivity contribution in [2.75, 3.05) is 46.3 Å². The molecular formula is C17H35N3. The molecule has 0 bridgehead atoms. The van der Waals surface area contributed by atoms with Crippen molar-refractivity contribution in [1.29, 1.82) is 0 Å². The summed E-state index contributed by atoms with van der Waals surface area (Å²) in [5.74, 6) is 0. The van der Waals surface area contributed by atoms with Crippen LogP contribution in [0.1, 0.15) is 52.4 Å². The molecule has 0 unspecified atom stereocenters. The predicted octanol–water partition coefficient (Wildman–Crippen LogP) is 2.57. The normalized spacial score (nSPS) is 25.2. The lowest BCUT2D eigenvalue weighted by atomic mass is 9.74. The van der Waals surface area contributed by atoms with Crippen LogP contribution in [0, 0.1) is 5.41 Å². The highest BCUT2D eigenvalue weighted by Gasteiger charge is 2.34. The third-order valence-electron chi connectivity index (χ3n) is 5.66. The second-order valence-corrected chi connectivity index (χ2v) is 7.08. The van der Waals surface area contributed by atoms with Gasteiger partial charge in [0.15, 0.2) is 0 Å². The van der Waals surface area contributed by atoms with E-state index in [4.69, 9.17) is 0 Å². The van der Waals surface area contributed by atoms with Crippen LogP contribution in [0.5, 0.6) is 0 Å². The first kappa shape index (κ1) is 16.3. The molecule has 0 amide bonds. The van der Waals surface area contributed by atoms with Crippen LogP contribution in [0.4, 0.5) is 0 Å². The molecule has 118 valence electrons. The van der Waals surface area contributed by atoms with E-state index in [1.165, 1.54) is 77.8 Å². The molecule has 0 aliphatic carbocycles. The van der Waals surface area contributed by atoms with Crippen LogP contribution in [0.25, 0.3) is 0 Å². The Bertz CT molecular complexity index is 260. The average Bonchev–Trinajstić information content (AvgIpc) is 2.48. The number of hydrogen-bond acceptors (Lipinski definition) is 3. The van der Waals surface area contributed by atoms with Crippen molar-refractivity contribution in [2.24, 2.45) is 5.41 Å². The number of piperidine rings is 2. The van der Waals surface area contributed by atoms with E-state index in [-0.39, 0.29) is 0 Å². The van der Waals surface area contributed by atoms with Gasteiger partial charge in [0.25, 0.3) is 0 Å². The molecule has 2 rings (SSSR count). The van der Waals surface area contributed by atoms with Crippen molar-refractivity contribution in [2.45, 2.75) is 58.4 Å². The molecule has 1 N–H and O–H groups in total. The fraction of sp³-hybridized carbons (Fsp3) is 1.00. The second-order valence-electron chi connectivity index (χ2n) is 7.08. The van der Waals surface area contributed by atoms with Gasteiger partial charge in [0, 0.05) is 12.6 Å². The van der Waals surface area contributed by atoms with Crippen LogP contribution in [-0.4, -0.2) is 62.2 Å². The minimum absolute atomic E-state index is 0.594. The van der Waals surface area contributed by atoms with E-state index in [9.17, 15) is 0 Å². The summed E-state index contributed by atoms with van der Waals surface area (Å²) in [6.45, 7) is 12.2. The highest BCUT2D eigenvalue weighted by atomic mass is 15.2. The molecule has 0 saturated carbocycles. The molecule has 0 radical (unpaired) electrons. The molecule has 3 nitrogen and oxygen atoms in total. The summed E-state index contributed by atoms with van der Waals surface area (Å²) in [6.07, 6.45) is 8.22. The van der Waals surface area contributed by atoms with Gasteiger partial charge in [0.05, 0.1) is 0 Å². The Kier molecular flexibility index (Phi) is 6.31. The SMILES string of the molecule is CCCC1(CN(C)C2CCN(CC)CC2)CCNCC1. The Hall–Kier alpha value is -0.120. The number of rotatable bonds is 6. The zero-order valence-electron chi connectivity index (χ0n) is 14.0. The lowest BCUT2D eigenvalue weighted by molar-refractivity contribution is 0.0631. The fourth-order valence-electron chi connectivity index (χ4n) is 4.31. The van der Waals surface area contributed by atoms with E-state index < -0.39 is 0 Å². The maximum Gasteiger partial charge on any atom is 0.0117 e. The summed E-state index contributed by atoms with van der Waals surface area (Å²) >= 11 is 0. The number of nitrogens with one attached hydrogen (secondary N) is 1. The van der Waals surface area contributed by atoms with E-state index in [1.54, 1.807) is 0 Å². The van der Waals surface area contributed by atoms with E-state index in [2.05, 4.69) is 36.0 Å². The largest absolute Gasteiger partial charge is 0.317 e. The van der Waals surface area contributed by atoms with Crippen molar-refractivity contribution in [1.82, 2.24) is 15.1 Å². The summed E-state index contributed by atoms with van der Waals surface area (Å²) in [5, 5.41) is 3.54. The summed E-state index contributed by atoms with van der Waals surface area (Å²) in [5.41, 5.74) is 0.594. The summed E-state index contributed by atoms with van der Waals surface area (Å²) in [6, 6.07) is 0.821. The molecule has 0 aromatic heterocycles. The fourth-order valence-corrected chi connectivity index (χ4v) is 4.31. The molecule has 2 aliphatic heterocycles. The smallest absolute Gasteiger partial charge is 0.0117 e. The van der Waals surface area contributed by atoms with Crippen molar-refractivity contribution < 1.29 is 0 Å². The highest BCUT2D eigenvalue weighted by Crippen LogP contribution is 2.35. The summed E-state index contributed by atoms with van der Waals surface area (Å²) in [4.78, 5) is 5.30. The summed E-state index contributed by atoms with van der Waals surface area (Å²) in [7, 11) is 2.38. The first-order valence-corrected chi connectivity index (χ1v) is 8.82. The molecule has 3 heteroatoms. The van der Waals surface area contributed by atoms with Gasteiger partial charge >= 0.3 is 0 Å². The van der Waals surface area contributed by atoms with Gasteiger partial charge in [-0.05, 0) is 77.3 Å². The van der Waals surface area contributed by atoms with E-state index in [0.717, 1.165) is 6.04 Å². The van der Waals surface area contributed by atoms with E-state index >= 15 is 0 Å². The van der Waals surface area contributed by atoms with Gasteiger partial charge in [0.2, 0.25) is 0 Å². The minimum atomic E-state index is 0.594. The number of nitrogens with zero attached hydrogens (tertiary/aromatic N) is 2. The Balaban J connectivity index is 1.86. The Morgan fingerprint density at radius 1 is 1.15 bits per heavy atom. The van der Waals surface area contributed by atoms with Gasteiger partial charge in [-0.1, -0.05) is 20.3 Å². The lowest BCUT2D eigenvalue weighted by Crippen LogP contribution is -2.49. The molecule has 2 heterocycles. The van der Waals surface area contributed by atoms with Crippen LogP contribution >= 0.6 is 0 Å². The zero-order valence-corrected chi connectivity index (χ0v) is 14.0. The Morgan fingerprint density at radius 3 is 2.35 bits per heavy atom. The van der Waals surface area contributed by atoms with Crippen LogP contribution < -0.4 is 5.32 Å². The molecule has 0 atom stereocenters. The first-order valence-electron chi connectivity index (χ1n) is 8.82. The molecular weight excluding hydrogens is 246 g/mol. The Labute approximate surface area is 126 Å². The molecule has 2 aliphatic rings. The van der Waals surface area contributed by atoms with Gasteiger partial charge in [0.1, 0.15) is 0 Å². The monoisotopic (exact) mass is 281 g/mol. The molecule has 0 aromatic rings. The van der Waals surface area contributed by atoms with Gasteiger partial charge < -0.3 is 15.1 Å². The van der Waals surface area contributed by atoms with Crippen molar-refractivity contribution in [3.05, 3.63) is 0 Å². The van der Waals surface area contributed by atoms with E-state index in [0.29, 0.717) is 5.41 Å². The third-order valence-corrected chi connectivity index (χ3v) is 5.66. The van der Waals surface area contributed by atoms with Gasteiger partial charge in [-0.25, -0.2) is 0 Å². The van der Waals surface area contributed by atoms with E-state index in [1.807, 2.05) is 0 Å². The maximum atomic E-state index is 3.54. The standard InChI is InChI=1S/C17H35N3/c1-4-8-17(9-11-18-12-10-17)15-19(3)16-6-13-20(5-2)14-7-16/h16,18H,4-15H2,1-3H3. The highest BCUT2D eigenvalue weighted by molar-refractivity contribution is 4.89. The predicted molar refractivity (Wildman–Crippen MR) is 87.2 cm³/mol. The molecule has 20 heavy (non-hydrogen) atoms. The maximum absolute atomic E-state index is 3.54. The Morgan fingerprint density at radius 2 is 1.80 bits per heavy atom. The quantitative estimate of drug-likeness (QED) is 0.807. The molecule has 2 fully saturated rings. The average molecular weight is 281 g/mol. The van der Waals surface area contributed by atoms with Crippen molar-refractivity contribution >= 4 is 0 Å². The van der Waals surface area contributed by atoms with Crippen LogP contribution in [0.15, 0.2) is 0 Å². The zero-order chi connectivity index (χ0) is 14.4. The number of hydrogen-bond donors (Lipinski definition) is 1. The molecule has 2 saturated heterocycles. The summed E-state index contributed by atoms with van der Waals surface area (Å²) < 4.78 is 0. The van der Waals surface area contributed by atoms with Crippen molar-refractivity contribution in [3.63, 3.8) is 0 Å². The first-order chi connectivity index (χ1) is 9.69. The van der Waals surface area contributed by atoms with Crippen LogP contribution in [-0.2, 0) is 0 Å². The van der Waals surface area contributed by atoms with Gasteiger partial charge in [-0.2, -0.15) is 0 Å². The van der Waals surface area contributed by atoms with Crippen LogP contribution in [0.2, 0.25) is 0 Å². The third kappa shape index (κ3) is 4.19. The van der Waals surface area contributed by atoms with Gasteiger partial charge in [-0.15, -0.1) is 0 Å². The lowest BCUT2D eigenvalue weighted by Gasteiger charge is -2.44. The molecule has 0 spiro atoms. The minimum Gasteiger partial charge on any atom is -0.317 e. The molecule has 0 aromatic carbocycles. The second kappa shape index (κ2) is 7.77. The van der Waals surface area contributed by atoms with Crippen LogP contribution in [0.3, 0.4) is 0 Å². The topological polar surface area (TPSA) is 18.5 Å². The van der Waals surface area contributed by atoms with Gasteiger partial charge in [-0.3, -0.25) is 0 Å². The number of likely N-dealkylation sites (tertiary alicyclic amines) is 1. The van der Waals surface area contributed by atoms with Crippen molar-refractivity contribution in [3.8, 4) is 0 Å².